The Bertz CT molecular complexity index is 760. The number of hydrogen-bond donors (Lipinski definition) is 0. The minimum absolute atomic E-state index is 0.117. The van der Waals surface area contributed by atoms with Crippen molar-refractivity contribution in [1.82, 2.24) is 9.80 Å². The zero-order valence-electron chi connectivity index (χ0n) is 14.8. The summed E-state index contributed by atoms with van der Waals surface area (Å²) in [5.74, 6) is 0.0986. The maximum atomic E-state index is 13.1. The normalized spacial score (nSPS) is 23.0. The molecular formula is C21H24N2O2S. The molecule has 2 saturated heterocycles. The fourth-order valence-corrected chi connectivity index (χ4v) is 4.98. The molecule has 1 aromatic carbocycles. The van der Waals surface area contributed by atoms with E-state index in [0.717, 1.165) is 25.8 Å². The number of carbonyl (C=O) groups is 2. The van der Waals surface area contributed by atoms with E-state index in [1.807, 2.05) is 34.1 Å². The third-order valence-electron chi connectivity index (χ3n) is 5.48. The second-order valence-electron chi connectivity index (χ2n) is 7.18. The second-order valence-corrected chi connectivity index (χ2v) is 8.16. The van der Waals surface area contributed by atoms with Gasteiger partial charge in [0.25, 0.3) is 0 Å². The highest BCUT2D eigenvalue weighted by molar-refractivity contribution is 7.10. The SMILES string of the molecule is O=C1CC(C(=O)N2CCCC2c2cccs2)CN1CCc1ccccc1. The van der Waals surface area contributed by atoms with Gasteiger partial charge in [0.2, 0.25) is 11.8 Å². The molecule has 0 saturated carbocycles. The lowest BCUT2D eigenvalue weighted by Crippen LogP contribution is -2.37. The Morgan fingerprint density at radius 3 is 2.77 bits per heavy atom. The molecule has 2 amide bonds. The van der Waals surface area contributed by atoms with E-state index in [9.17, 15) is 9.59 Å². The Morgan fingerprint density at radius 2 is 2.00 bits per heavy atom. The van der Waals surface area contributed by atoms with Crippen molar-refractivity contribution in [3.63, 3.8) is 0 Å². The molecule has 2 aliphatic rings. The van der Waals surface area contributed by atoms with Gasteiger partial charge >= 0.3 is 0 Å². The predicted molar refractivity (Wildman–Crippen MR) is 103 cm³/mol. The maximum absolute atomic E-state index is 13.1. The predicted octanol–water partition coefficient (Wildman–Crippen LogP) is 3.50. The molecule has 4 rings (SSSR count). The standard InChI is InChI=1S/C21H24N2O2S/c24-20-14-17(15-22(20)12-10-16-6-2-1-3-7-16)21(25)23-11-4-8-18(23)19-9-5-13-26-19/h1-3,5-7,9,13,17-18H,4,8,10-12,14-15H2. The van der Waals surface area contributed by atoms with Crippen molar-refractivity contribution < 1.29 is 9.59 Å². The largest absolute Gasteiger partial charge is 0.342 e. The Morgan fingerprint density at radius 1 is 1.15 bits per heavy atom. The lowest BCUT2D eigenvalue weighted by molar-refractivity contribution is -0.136. The first-order valence-corrected chi connectivity index (χ1v) is 10.3. The number of rotatable bonds is 5. The summed E-state index contributed by atoms with van der Waals surface area (Å²) in [7, 11) is 0. The third-order valence-corrected chi connectivity index (χ3v) is 6.46. The Hall–Kier alpha value is -2.14. The molecule has 1 aromatic heterocycles. The van der Waals surface area contributed by atoms with E-state index in [4.69, 9.17) is 0 Å². The summed E-state index contributed by atoms with van der Waals surface area (Å²) in [5.41, 5.74) is 1.23. The van der Waals surface area contributed by atoms with Crippen molar-refractivity contribution >= 4 is 23.2 Å². The molecule has 2 atom stereocenters. The molecule has 2 aromatic rings. The van der Waals surface area contributed by atoms with Crippen LogP contribution in [0.25, 0.3) is 0 Å². The quantitative estimate of drug-likeness (QED) is 0.810. The number of carbonyl (C=O) groups excluding carboxylic acids is 2. The first kappa shape index (κ1) is 17.3. The van der Waals surface area contributed by atoms with E-state index in [1.165, 1.54) is 10.4 Å². The van der Waals surface area contributed by atoms with E-state index in [0.29, 0.717) is 19.5 Å². The average Bonchev–Trinajstić information content (AvgIpc) is 3.40. The monoisotopic (exact) mass is 368 g/mol. The zero-order chi connectivity index (χ0) is 17.9. The van der Waals surface area contributed by atoms with E-state index in [1.54, 1.807) is 11.3 Å². The third kappa shape index (κ3) is 3.54. The average molecular weight is 369 g/mol. The summed E-state index contributed by atoms with van der Waals surface area (Å²) in [6.45, 7) is 2.08. The van der Waals surface area contributed by atoms with Crippen LogP contribution in [0.3, 0.4) is 0 Å². The first-order valence-electron chi connectivity index (χ1n) is 9.38. The van der Waals surface area contributed by atoms with Crippen molar-refractivity contribution in [2.24, 2.45) is 5.92 Å². The lowest BCUT2D eigenvalue weighted by atomic mass is 10.1. The number of amides is 2. The van der Waals surface area contributed by atoms with Crippen LogP contribution < -0.4 is 0 Å². The molecule has 0 radical (unpaired) electrons. The summed E-state index contributed by atoms with van der Waals surface area (Å²) < 4.78 is 0. The second kappa shape index (κ2) is 7.62. The number of likely N-dealkylation sites (tertiary alicyclic amines) is 2. The Labute approximate surface area is 158 Å². The molecule has 4 nitrogen and oxygen atoms in total. The van der Waals surface area contributed by atoms with Gasteiger partial charge in [-0.1, -0.05) is 36.4 Å². The maximum Gasteiger partial charge on any atom is 0.228 e. The zero-order valence-corrected chi connectivity index (χ0v) is 15.7. The molecule has 0 bridgehead atoms. The van der Waals surface area contributed by atoms with Gasteiger partial charge in [0.1, 0.15) is 0 Å². The van der Waals surface area contributed by atoms with Gasteiger partial charge in [-0.3, -0.25) is 9.59 Å². The van der Waals surface area contributed by atoms with Crippen LogP contribution in [0, 0.1) is 5.92 Å². The van der Waals surface area contributed by atoms with Crippen LogP contribution in [0.1, 0.15) is 35.7 Å². The molecule has 2 aliphatic heterocycles. The smallest absolute Gasteiger partial charge is 0.228 e. The van der Waals surface area contributed by atoms with Gasteiger partial charge in [0, 0.05) is 30.9 Å². The van der Waals surface area contributed by atoms with Crippen LogP contribution in [0.5, 0.6) is 0 Å². The molecule has 0 aliphatic carbocycles. The van der Waals surface area contributed by atoms with Crippen molar-refractivity contribution in [3.05, 3.63) is 58.3 Å². The van der Waals surface area contributed by atoms with Gasteiger partial charge in [0.05, 0.1) is 12.0 Å². The molecule has 26 heavy (non-hydrogen) atoms. The number of hydrogen-bond acceptors (Lipinski definition) is 3. The molecule has 5 heteroatoms. The van der Waals surface area contributed by atoms with Crippen molar-refractivity contribution in [2.75, 3.05) is 19.6 Å². The molecule has 0 N–H and O–H groups in total. The highest BCUT2D eigenvalue weighted by Gasteiger charge is 2.40. The summed E-state index contributed by atoms with van der Waals surface area (Å²) in [5, 5.41) is 2.07. The van der Waals surface area contributed by atoms with Gasteiger partial charge in [0.15, 0.2) is 0 Å². The van der Waals surface area contributed by atoms with Crippen LogP contribution in [-0.4, -0.2) is 41.2 Å². The van der Waals surface area contributed by atoms with Crippen molar-refractivity contribution in [3.8, 4) is 0 Å². The highest BCUT2D eigenvalue weighted by Crippen LogP contribution is 2.36. The Kier molecular flexibility index (Phi) is 5.07. The minimum atomic E-state index is -0.182. The first-order chi connectivity index (χ1) is 12.7. The fraction of sp³-hybridized carbons (Fsp3) is 0.429. The summed E-state index contributed by atoms with van der Waals surface area (Å²) in [6, 6.07) is 14.6. The van der Waals surface area contributed by atoms with Gasteiger partial charge in [-0.25, -0.2) is 0 Å². The van der Waals surface area contributed by atoms with Crippen LogP contribution >= 0.6 is 11.3 Å². The Balaban J connectivity index is 1.37. The van der Waals surface area contributed by atoms with Crippen LogP contribution in [0.15, 0.2) is 47.8 Å². The van der Waals surface area contributed by atoms with Gasteiger partial charge in [-0.05, 0) is 36.3 Å². The van der Waals surface area contributed by atoms with Crippen molar-refractivity contribution in [2.45, 2.75) is 31.7 Å². The fourth-order valence-electron chi connectivity index (χ4n) is 4.10. The molecule has 2 fully saturated rings. The number of thiophene rings is 1. The van der Waals surface area contributed by atoms with Gasteiger partial charge in [-0.15, -0.1) is 11.3 Å². The van der Waals surface area contributed by atoms with E-state index in [2.05, 4.69) is 23.6 Å². The molecule has 136 valence electrons. The summed E-state index contributed by atoms with van der Waals surface area (Å²) in [4.78, 5) is 30.6. The molecule has 2 unspecified atom stereocenters. The molecule has 3 heterocycles. The van der Waals surface area contributed by atoms with Crippen molar-refractivity contribution in [1.29, 1.82) is 0 Å². The summed E-state index contributed by atoms with van der Waals surface area (Å²) in [6.07, 6.45) is 3.29. The topological polar surface area (TPSA) is 40.6 Å². The van der Waals surface area contributed by atoms with Gasteiger partial charge < -0.3 is 9.80 Å². The molecule has 0 spiro atoms. The summed E-state index contributed by atoms with van der Waals surface area (Å²) >= 11 is 1.72. The lowest BCUT2D eigenvalue weighted by Gasteiger charge is -2.26. The van der Waals surface area contributed by atoms with E-state index in [-0.39, 0.29) is 23.8 Å². The molecular weight excluding hydrogens is 344 g/mol. The van der Waals surface area contributed by atoms with Gasteiger partial charge in [-0.2, -0.15) is 0 Å². The number of nitrogens with zero attached hydrogens (tertiary/aromatic N) is 2. The van der Waals surface area contributed by atoms with E-state index >= 15 is 0 Å². The number of benzene rings is 1. The van der Waals surface area contributed by atoms with Crippen LogP contribution in [0.2, 0.25) is 0 Å². The minimum Gasteiger partial charge on any atom is -0.342 e. The highest BCUT2D eigenvalue weighted by atomic mass is 32.1. The van der Waals surface area contributed by atoms with E-state index < -0.39 is 0 Å². The van der Waals surface area contributed by atoms with Crippen LogP contribution in [-0.2, 0) is 16.0 Å². The van der Waals surface area contributed by atoms with Crippen LogP contribution in [0.4, 0.5) is 0 Å².